The maximum atomic E-state index is 12.1. The smallest absolute Gasteiger partial charge is 0.338 e. The molecule has 3 N–H and O–H groups in total. The van der Waals surface area contributed by atoms with Crippen LogP contribution in [0, 0.1) is 0 Å². The van der Waals surface area contributed by atoms with Crippen molar-refractivity contribution in [1.29, 1.82) is 0 Å². The Labute approximate surface area is 137 Å². The average molecular weight is 327 g/mol. The monoisotopic (exact) mass is 327 g/mol. The number of hydrogen-bond acceptors (Lipinski definition) is 4. The van der Waals surface area contributed by atoms with E-state index in [1.807, 2.05) is 6.92 Å². The fourth-order valence-electron chi connectivity index (χ4n) is 2.41. The minimum Gasteiger partial charge on any atom is -0.465 e. The lowest BCUT2D eigenvalue weighted by Crippen LogP contribution is -2.19. The van der Waals surface area contributed by atoms with E-state index in [1.54, 1.807) is 41.5 Å². The number of methoxy groups -OCH3 is 1. The highest BCUT2D eigenvalue weighted by atomic mass is 16.5. The average Bonchev–Trinajstić information content (AvgIpc) is 3.22. The number of aryl methyl sites for hydroxylation is 1. The predicted molar refractivity (Wildman–Crippen MR) is 90.2 cm³/mol. The summed E-state index contributed by atoms with van der Waals surface area (Å²) in [4.78, 5) is 27.1. The zero-order valence-corrected chi connectivity index (χ0v) is 13.3. The number of benzene rings is 1. The Bertz CT molecular complexity index is 896. The highest BCUT2D eigenvalue weighted by molar-refractivity contribution is 6.07. The topological polar surface area (TPSA) is 101 Å². The summed E-state index contributed by atoms with van der Waals surface area (Å²) in [6.45, 7) is 2.67. The molecule has 0 saturated heterocycles. The summed E-state index contributed by atoms with van der Waals surface area (Å²) in [5.41, 5.74) is 2.17. The van der Waals surface area contributed by atoms with Crippen LogP contribution >= 0.6 is 0 Å². The highest BCUT2D eigenvalue weighted by Gasteiger charge is 2.14. The van der Waals surface area contributed by atoms with Gasteiger partial charge in [-0.2, -0.15) is 5.10 Å². The SMILES string of the molecule is CCn1cc(NC(=O)Nc2cc(C(=O)OC)c3cc[nH]c3c2)cn1. The van der Waals surface area contributed by atoms with E-state index in [1.165, 1.54) is 7.11 Å². The van der Waals surface area contributed by atoms with E-state index in [0.717, 1.165) is 17.4 Å². The predicted octanol–water partition coefficient (Wildman–Crippen LogP) is 2.81. The van der Waals surface area contributed by atoms with Crippen LogP contribution in [0.3, 0.4) is 0 Å². The molecule has 2 heterocycles. The minimum absolute atomic E-state index is 0.380. The number of aromatic nitrogens is 3. The summed E-state index contributed by atoms with van der Waals surface area (Å²) in [5.74, 6) is -0.465. The highest BCUT2D eigenvalue weighted by Crippen LogP contribution is 2.24. The second kappa shape index (κ2) is 6.45. The molecule has 3 aromatic rings. The Morgan fingerprint density at radius 3 is 2.79 bits per heavy atom. The van der Waals surface area contributed by atoms with Gasteiger partial charge in [0.2, 0.25) is 0 Å². The van der Waals surface area contributed by atoms with E-state index in [4.69, 9.17) is 4.74 Å². The van der Waals surface area contributed by atoms with Gasteiger partial charge in [-0.3, -0.25) is 4.68 Å². The van der Waals surface area contributed by atoms with Gasteiger partial charge in [0.15, 0.2) is 0 Å². The van der Waals surface area contributed by atoms with Crippen LogP contribution in [-0.2, 0) is 11.3 Å². The van der Waals surface area contributed by atoms with Crippen LogP contribution in [0.5, 0.6) is 0 Å². The van der Waals surface area contributed by atoms with Crippen molar-refractivity contribution in [1.82, 2.24) is 14.8 Å². The summed E-state index contributed by atoms with van der Waals surface area (Å²) in [6.07, 6.45) is 5.02. The van der Waals surface area contributed by atoms with Crippen LogP contribution in [0.4, 0.5) is 16.2 Å². The molecule has 3 rings (SSSR count). The number of fused-ring (bicyclic) bond motifs is 1. The number of rotatable bonds is 4. The van der Waals surface area contributed by atoms with E-state index < -0.39 is 12.0 Å². The number of aromatic amines is 1. The molecule has 0 bridgehead atoms. The number of hydrogen-bond donors (Lipinski definition) is 3. The van der Waals surface area contributed by atoms with E-state index in [2.05, 4.69) is 20.7 Å². The maximum absolute atomic E-state index is 12.1. The van der Waals surface area contributed by atoms with E-state index in [0.29, 0.717) is 16.9 Å². The van der Waals surface area contributed by atoms with Gasteiger partial charge in [0.25, 0.3) is 0 Å². The van der Waals surface area contributed by atoms with Crippen LogP contribution in [0.25, 0.3) is 10.9 Å². The number of esters is 1. The van der Waals surface area contributed by atoms with Crippen LogP contribution in [0.1, 0.15) is 17.3 Å². The zero-order valence-electron chi connectivity index (χ0n) is 13.3. The molecule has 24 heavy (non-hydrogen) atoms. The van der Waals surface area contributed by atoms with Crippen molar-refractivity contribution < 1.29 is 14.3 Å². The van der Waals surface area contributed by atoms with Gasteiger partial charge in [0.1, 0.15) is 0 Å². The molecule has 0 saturated carbocycles. The van der Waals surface area contributed by atoms with Crippen LogP contribution in [0.15, 0.2) is 36.8 Å². The fraction of sp³-hybridized carbons (Fsp3) is 0.188. The van der Waals surface area contributed by atoms with Crippen molar-refractivity contribution in [3.05, 3.63) is 42.4 Å². The molecule has 0 spiro atoms. The molecule has 0 aliphatic rings. The maximum Gasteiger partial charge on any atom is 0.338 e. The van der Waals surface area contributed by atoms with Crippen molar-refractivity contribution in [2.24, 2.45) is 0 Å². The Balaban J connectivity index is 1.81. The van der Waals surface area contributed by atoms with Crippen LogP contribution in [-0.4, -0.2) is 33.9 Å². The third kappa shape index (κ3) is 3.07. The lowest BCUT2D eigenvalue weighted by molar-refractivity contribution is 0.0603. The van der Waals surface area contributed by atoms with Gasteiger partial charge in [-0.15, -0.1) is 0 Å². The van der Waals surface area contributed by atoms with Gasteiger partial charge in [-0.25, -0.2) is 9.59 Å². The Morgan fingerprint density at radius 2 is 2.08 bits per heavy atom. The quantitative estimate of drug-likeness (QED) is 0.641. The molecule has 0 atom stereocenters. The van der Waals surface area contributed by atoms with Gasteiger partial charge >= 0.3 is 12.0 Å². The third-order valence-corrected chi connectivity index (χ3v) is 3.55. The molecule has 0 aliphatic heterocycles. The van der Waals surface area contributed by atoms with Crippen LogP contribution < -0.4 is 10.6 Å². The molecular formula is C16H17N5O3. The van der Waals surface area contributed by atoms with E-state index >= 15 is 0 Å². The van der Waals surface area contributed by atoms with Gasteiger partial charge in [0.05, 0.1) is 24.6 Å². The molecule has 2 amide bonds. The molecule has 2 aromatic heterocycles. The standard InChI is InChI=1S/C16H17N5O3/c1-3-21-9-11(8-18-21)20-16(23)19-10-6-13(15(22)24-2)12-4-5-17-14(12)7-10/h4-9,17H,3H2,1-2H3,(H2,19,20,23). The zero-order chi connectivity index (χ0) is 17.1. The number of nitrogens with zero attached hydrogens (tertiary/aromatic N) is 2. The summed E-state index contributed by atoms with van der Waals surface area (Å²) < 4.78 is 6.50. The second-order valence-corrected chi connectivity index (χ2v) is 5.12. The van der Waals surface area contributed by atoms with Crippen molar-refractivity contribution >= 4 is 34.3 Å². The summed E-state index contributed by atoms with van der Waals surface area (Å²) in [5, 5.41) is 10.2. The number of H-pyrrole nitrogens is 1. The summed E-state index contributed by atoms with van der Waals surface area (Å²) >= 11 is 0. The normalized spacial score (nSPS) is 10.6. The molecule has 0 radical (unpaired) electrons. The van der Waals surface area contributed by atoms with Crippen molar-refractivity contribution in [2.75, 3.05) is 17.7 Å². The number of carbonyl (C=O) groups is 2. The van der Waals surface area contributed by atoms with Crippen molar-refractivity contribution in [2.45, 2.75) is 13.5 Å². The number of amides is 2. The van der Waals surface area contributed by atoms with E-state index in [-0.39, 0.29) is 0 Å². The molecule has 0 fully saturated rings. The van der Waals surface area contributed by atoms with Gasteiger partial charge in [-0.05, 0) is 25.1 Å². The Morgan fingerprint density at radius 1 is 1.29 bits per heavy atom. The molecular weight excluding hydrogens is 310 g/mol. The van der Waals surface area contributed by atoms with E-state index in [9.17, 15) is 9.59 Å². The number of ether oxygens (including phenoxy) is 1. The molecule has 124 valence electrons. The minimum atomic E-state index is -0.465. The first-order valence-corrected chi connectivity index (χ1v) is 7.40. The summed E-state index contributed by atoms with van der Waals surface area (Å²) in [7, 11) is 1.32. The molecule has 8 heteroatoms. The van der Waals surface area contributed by atoms with Gasteiger partial charge in [-0.1, -0.05) is 0 Å². The van der Waals surface area contributed by atoms with Crippen molar-refractivity contribution in [3.8, 4) is 0 Å². The Hall–Kier alpha value is -3.29. The van der Waals surface area contributed by atoms with Gasteiger partial charge < -0.3 is 20.4 Å². The third-order valence-electron chi connectivity index (χ3n) is 3.55. The van der Waals surface area contributed by atoms with Crippen LogP contribution in [0.2, 0.25) is 0 Å². The lowest BCUT2D eigenvalue weighted by Gasteiger charge is -2.09. The number of anilines is 2. The summed E-state index contributed by atoms with van der Waals surface area (Å²) in [6, 6.07) is 4.69. The largest absolute Gasteiger partial charge is 0.465 e. The first-order chi connectivity index (χ1) is 11.6. The van der Waals surface area contributed by atoms with Gasteiger partial charge in [0, 0.05) is 35.5 Å². The number of carbonyl (C=O) groups excluding carboxylic acids is 2. The lowest BCUT2D eigenvalue weighted by atomic mass is 10.1. The number of urea groups is 1. The van der Waals surface area contributed by atoms with Crippen molar-refractivity contribution in [3.63, 3.8) is 0 Å². The molecule has 0 unspecified atom stereocenters. The first kappa shape index (κ1) is 15.6. The Kier molecular flexibility index (Phi) is 4.19. The number of nitrogens with one attached hydrogen (secondary N) is 3. The molecule has 1 aromatic carbocycles. The molecule has 8 nitrogen and oxygen atoms in total. The molecule has 0 aliphatic carbocycles. The first-order valence-electron chi connectivity index (χ1n) is 7.40. The second-order valence-electron chi connectivity index (χ2n) is 5.12. The fourth-order valence-corrected chi connectivity index (χ4v) is 2.41.